The number of aromatic hydroxyl groups is 1. The summed E-state index contributed by atoms with van der Waals surface area (Å²) in [5, 5.41) is 11.0. The van der Waals surface area contributed by atoms with Gasteiger partial charge in [0.15, 0.2) is 0 Å². The van der Waals surface area contributed by atoms with Gasteiger partial charge in [-0.2, -0.15) is 0 Å². The van der Waals surface area contributed by atoms with E-state index in [-0.39, 0.29) is 0 Å². The molecule has 0 atom stereocenters. The molecule has 0 aliphatic rings. The molecule has 0 aliphatic carbocycles. The summed E-state index contributed by atoms with van der Waals surface area (Å²) < 4.78 is 1.25. The Morgan fingerprint density at radius 2 is 1.62 bits per heavy atom. The van der Waals surface area contributed by atoms with Gasteiger partial charge in [0.2, 0.25) is 0 Å². The molecule has 0 amide bonds. The fraction of sp³-hybridized carbons (Fsp3) is 0. The maximum atomic E-state index is 9.80. The summed E-state index contributed by atoms with van der Waals surface area (Å²) in [6, 6.07) is 17.8. The molecule has 2 aromatic carbocycles. The standard InChI is InChI=1S/C14H10OS/c15-12-7-3-2-6-11(12)14-9-10-5-1-4-8-13(10)16-14/h1-9,15H. The van der Waals surface area contributed by atoms with Crippen LogP contribution in [-0.4, -0.2) is 5.11 Å². The fourth-order valence-corrected chi connectivity index (χ4v) is 2.89. The Labute approximate surface area is 97.6 Å². The highest BCUT2D eigenvalue weighted by Crippen LogP contribution is 2.37. The Morgan fingerprint density at radius 1 is 0.875 bits per heavy atom. The highest BCUT2D eigenvalue weighted by Gasteiger charge is 2.06. The Morgan fingerprint density at radius 3 is 2.44 bits per heavy atom. The van der Waals surface area contributed by atoms with Gasteiger partial charge in [-0.15, -0.1) is 11.3 Å². The number of thiophene rings is 1. The highest BCUT2D eigenvalue weighted by molar-refractivity contribution is 7.22. The second kappa shape index (κ2) is 3.65. The van der Waals surface area contributed by atoms with Crippen LogP contribution in [0.25, 0.3) is 20.5 Å². The number of benzene rings is 2. The van der Waals surface area contributed by atoms with Gasteiger partial charge in [0.25, 0.3) is 0 Å². The first kappa shape index (κ1) is 9.43. The lowest BCUT2D eigenvalue weighted by atomic mass is 10.1. The smallest absolute Gasteiger partial charge is 0.124 e. The first-order valence-corrected chi connectivity index (χ1v) is 5.93. The minimum atomic E-state index is 0.342. The Kier molecular flexibility index (Phi) is 2.15. The maximum absolute atomic E-state index is 9.80. The molecule has 1 aromatic heterocycles. The summed E-state index contributed by atoms with van der Waals surface area (Å²) in [5.41, 5.74) is 0.906. The van der Waals surface area contributed by atoms with Crippen LogP contribution in [0, 0.1) is 0 Å². The van der Waals surface area contributed by atoms with Gasteiger partial charge in [0, 0.05) is 15.1 Å². The number of phenolic OH excluding ortho intramolecular Hbond substituents is 1. The molecule has 0 spiro atoms. The summed E-state index contributed by atoms with van der Waals surface area (Å²) in [7, 11) is 0. The van der Waals surface area contributed by atoms with E-state index in [4.69, 9.17) is 0 Å². The van der Waals surface area contributed by atoms with E-state index in [0.717, 1.165) is 10.4 Å². The molecule has 0 saturated heterocycles. The van der Waals surface area contributed by atoms with Crippen molar-refractivity contribution in [2.75, 3.05) is 0 Å². The second-order valence-electron chi connectivity index (χ2n) is 3.67. The molecule has 3 aromatic rings. The molecule has 3 rings (SSSR count). The predicted octanol–water partition coefficient (Wildman–Crippen LogP) is 4.27. The van der Waals surface area contributed by atoms with Crippen LogP contribution in [0.4, 0.5) is 0 Å². The van der Waals surface area contributed by atoms with Crippen LogP contribution in [0.15, 0.2) is 54.6 Å². The Bertz CT molecular complexity index is 607. The van der Waals surface area contributed by atoms with Gasteiger partial charge in [-0.05, 0) is 29.7 Å². The zero-order valence-electron chi connectivity index (χ0n) is 8.55. The monoisotopic (exact) mass is 226 g/mol. The summed E-state index contributed by atoms with van der Waals surface area (Å²) in [6.07, 6.45) is 0. The number of hydrogen-bond acceptors (Lipinski definition) is 2. The molecule has 2 heteroatoms. The van der Waals surface area contributed by atoms with E-state index in [1.54, 1.807) is 17.4 Å². The predicted molar refractivity (Wildman–Crippen MR) is 68.9 cm³/mol. The van der Waals surface area contributed by atoms with Gasteiger partial charge >= 0.3 is 0 Å². The van der Waals surface area contributed by atoms with Crippen molar-refractivity contribution < 1.29 is 5.11 Å². The molecule has 0 saturated carbocycles. The van der Waals surface area contributed by atoms with Crippen molar-refractivity contribution in [3.8, 4) is 16.2 Å². The topological polar surface area (TPSA) is 20.2 Å². The Hall–Kier alpha value is -1.80. The average Bonchev–Trinajstić information content (AvgIpc) is 2.73. The second-order valence-corrected chi connectivity index (χ2v) is 4.75. The van der Waals surface area contributed by atoms with Crippen LogP contribution < -0.4 is 0 Å². The van der Waals surface area contributed by atoms with Crippen LogP contribution >= 0.6 is 11.3 Å². The van der Waals surface area contributed by atoms with Crippen LogP contribution in [0.2, 0.25) is 0 Å². The molecule has 0 bridgehead atoms. The summed E-state index contributed by atoms with van der Waals surface area (Å²) in [6.45, 7) is 0. The van der Waals surface area contributed by atoms with Crippen LogP contribution in [0.3, 0.4) is 0 Å². The van der Waals surface area contributed by atoms with Crippen molar-refractivity contribution >= 4 is 21.4 Å². The largest absolute Gasteiger partial charge is 0.507 e. The normalized spacial score (nSPS) is 10.8. The van der Waals surface area contributed by atoms with Crippen LogP contribution in [-0.2, 0) is 0 Å². The molecule has 1 heterocycles. The van der Waals surface area contributed by atoms with Crippen molar-refractivity contribution in [1.29, 1.82) is 0 Å². The van der Waals surface area contributed by atoms with Crippen molar-refractivity contribution in [1.82, 2.24) is 0 Å². The summed E-state index contributed by atoms with van der Waals surface area (Å²) >= 11 is 1.70. The lowest BCUT2D eigenvalue weighted by Crippen LogP contribution is -1.72. The minimum Gasteiger partial charge on any atom is -0.507 e. The third-order valence-corrected chi connectivity index (χ3v) is 3.74. The first-order valence-electron chi connectivity index (χ1n) is 5.11. The maximum Gasteiger partial charge on any atom is 0.124 e. The molecule has 16 heavy (non-hydrogen) atoms. The molecule has 1 N–H and O–H groups in total. The number of para-hydroxylation sites is 1. The minimum absolute atomic E-state index is 0.342. The molecular formula is C14H10OS. The number of fused-ring (bicyclic) bond motifs is 1. The van der Waals surface area contributed by atoms with Gasteiger partial charge < -0.3 is 5.11 Å². The van der Waals surface area contributed by atoms with E-state index in [1.807, 2.05) is 30.3 Å². The van der Waals surface area contributed by atoms with Crippen LogP contribution in [0.5, 0.6) is 5.75 Å². The lowest BCUT2D eigenvalue weighted by molar-refractivity contribution is 0.477. The SMILES string of the molecule is Oc1ccccc1-c1cc2ccccc2s1. The van der Waals surface area contributed by atoms with E-state index < -0.39 is 0 Å². The van der Waals surface area contributed by atoms with E-state index in [2.05, 4.69) is 18.2 Å². The molecule has 0 aliphatic heterocycles. The molecule has 0 fully saturated rings. The zero-order valence-corrected chi connectivity index (χ0v) is 9.37. The number of hydrogen-bond donors (Lipinski definition) is 1. The summed E-state index contributed by atoms with van der Waals surface area (Å²) in [5.74, 6) is 0.342. The molecule has 78 valence electrons. The molecular weight excluding hydrogens is 216 g/mol. The average molecular weight is 226 g/mol. The van der Waals surface area contributed by atoms with Gasteiger partial charge in [-0.3, -0.25) is 0 Å². The molecule has 1 nitrogen and oxygen atoms in total. The first-order chi connectivity index (χ1) is 7.84. The molecule has 0 radical (unpaired) electrons. The van der Waals surface area contributed by atoms with Gasteiger partial charge in [-0.1, -0.05) is 30.3 Å². The fourth-order valence-electron chi connectivity index (χ4n) is 1.80. The van der Waals surface area contributed by atoms with Gasteiger partial charge in [0.05, 0.1) is 0 Å². The third-order valence-electron chi connectivity index (χ3n) is 2.60. The van der Waals surface area contributed by atoms with Crippen molar-refractivity contribution in [3.05, 3.63) is 54.6 Å². The third kappa shape index (κ3) is 1.48. The lowest BCUT2D eigenvalue weighted by Gasteiger charge is -1.99. The van der Waals surface area contributed by atoms with Crippen molar-refractivity contribution in [2.45, 2.75) is 0 Å². The summed E-state index contributed by atoms with van der Waals surface area (Å²) in [4.78, 5) is 1.11. The highest BCUT2D eigenvalue weighted by atomic mass is 32.1. The zero-order chi connectivity index (χ0) is 11.0. The van der Waals surface area contributed by atoms with E-state index in [1.165, 1.54) is 10.1 Å². The van der Waals surface area contributed by atoms with Crippen LogP contribution in [0.1, 0.15) is 0 Å². The van der Waals surface area contributed by atoms with E-state index in [0.29, 0.717) is 5.75 Å². The van der Waals surface area contributed by atoms with Crippen molar-refractivity contribution in [2.24, 2.45) is 0 Å². The number of phenols is 1. The van der Waals surface area contributed by atoms with E-state index in [9.17, 15) is 5.11 Å². The Balaban J connectivity index is 2.23. The van der Waals surface area contributed by atoms with Gasteiger partial charge in [0.1, 0.15) is 5.75 Å². The van der Waals surface area contributed by atoms with E-state index >= 15 is 0 Å². The van der Waals surface area contributed by atoms with Crippen molar-refractivity contribution in [3.63, 3.8) is 0 Å². The quantitative estimate of drug-likeness (QED) is 0.656. The molecule has 0 unspecified atom stereocenters. The number of rotatable bonds is 1. The van der Waals surface area contributed by atoms with Gasteiger partial charge in [-0.25, -0.2) is 0 Å².